The maximum Gasteiger partial charge on any atom is 0.192 e. The molecule has 1 unspecified atom stereocenters. The standard InChI is InChI=1S/C20H27FN4OS/c1-4-22-20(24-11-19-23-10-13(2)27-19)25-14(3)16-7-8-18(17(21)9-16)26-12-15-5-6-15/h7-10,14-15H,4-6,11-12H2,1-3H3,(H2,22,24,25). The highest BCUT2D eigenvalue weighted by Gasteiger charge is 2.22. The molecule has 1 atom stereocenters. The highest BCUT2D eigenvalue weighted by atomic mass is 32.1. The zero-order valence-electron chi connectivity index (χ0n) is 16.1. The van der Waals surface area contributed by atoms with Crippen molar-refractivity contribution in [1.82, 2.24) is 15.6 Å². The van der Waals surface area contributed by atoms with E-state index in [-0.39, 0.29) is 11.9 Å². The minimum Gasteiger partial charge on any atom is -0.490 e. The predicted octanol–water partition coefficient (Wildman–Crippen LogP) is 4.20. The number of aryl methyl sites for hydroxylation is 1. The van der Waals surface area contributed by atoms with Gasteiger partial charge in [0.25, 0.3) is 0 Å². The first-order valence-corrected chi connectivity index (χ1v) is 10.2. The number of aliphatic imine (C=N–C) groups is 1. The van der Waals surface area contributed by atoms with Crippen molar-refractivity contribution in [3.63, 3.8) is 0 Å². The van der Waals surface area contributed by atoms with E-state index in [2.05, 4.69) is 20.6 Å². The predicted molar refractivity (Wildman–Crippen MR) is 108 cm³/mol. The van der Waals surface area contributed by atoms with E-state index in [0.717, 1.165) is 17.1 Å². The van der Waals surface area contributed by atoms with Gasteiger partial charge >= 0.3 is 0 Å². The molecule has 1 aromatic carbocycles. The third kappa shape index (κ3) is 5.92. The molecule has 0 amide bonds. The monoisotopic (exact) mass is 390 g/mol. The van der Waals surface area contributed by atoms with Gasteiger partial charge in [-0.3, -0.25) is 0 Å². The molecule has 1 saturated carbocycles. The number of ether oxygens (including phenoxy) is 1. The Kier molecular flexibility index (Phi) is 6.66. The van der Waals surface area contributed by atoms with Crippen LogP contribution in [0.15, 0.2) is 29.4 Å². The van der Waals surface area contributed by atoms with Gasteiger partial charge in [-0.1, -0.05) is 6.07 Å². The Bertz CT molecular complexity index is 788. The molecule has 1 heterocycles. The molecule has 0 radical (unpaired) electrons. The summed E-state index contributed by atoms with van der Waals surface area (Å²) >= 11 is 1.64. The average molecular weight is 391 g/mol. The van der Waals surface area contributed by atoms with Crippen molar-refractivity contribution in [2.24, 2.45) is 10.9 Å². The summed E-state index contributed by atoms with van der Waals surface area (Å²) in [5, 5.41) is 7.52. The third-order valence-electron chi connectivity index (χ3n) is 4.37. The van der Waals surface area contributed by atoms with Gasteiger partial charge < -0.3 is 15.4 Å². The fourth-order valence-corrected chi connectivity index (χ4v) is 3.34. The lowest BCUT2D eigenvalue weighted by Gasteiger charge is -2.19. The second-order valence-electron chi connectivity index (χ2n) is 6.87. The minimum absolute atomic E-state index is 0.0900. The maximum absolute atomic E-state index is 14.3. The van der Waals surface area contributed by atoms with E-state index in [1.165, 1.54) is 23.8 Å². The molecule has 2 aromatic rings. The van der Waals surface area contributed by atoms with E-state index in [1.54, 1.807) is 17.4 Å². The van der Waals surface area contributed by atoms with Crippen LogP contribution in [0.2, 0.25) is 0 Å². The Balaban J connectivity index is 1.61. The van der Waals surface area contributed by atoms with Gasteiger partial charge in [0.15, 0.2) is 17.5 Å². The molecule has 3 rings (SSSR count). The number of nitrogens with one attached hydrogen (secondary N) is 2. The van der Waals surface area contributed by atoms with Crippen LogP contribution in [0.1, 0.15) is 48.2 Å². The van der Waals surface area contributed by atoms with Gasteiger partial charge in [0.05, 0.1) is 19.2 Å². The van der Waals surface area contributed by atoms with E-state index in [9.17, 15) is 4.39 Å². The average Bonchev–Trinajstić information content (AvgIpc) is 3.38. The summed E-state index contributed by atoms with van der Waals surface area (Å²) in [6.07, 6.45) is 4.23. The quantitative estimate of drug-likeness (QED) is 0.524. The number of guanidine groups is 1. The SMILES string of the molecule is CCNC(=NCc1ncc(C)s1)NC(C)c1ccc(OCC2CC2)c(F)c1. The van der Waals surface area contributed by atoms with Gasteiger partial charge in [-0.15, -0.1) is 11.3 Å². The second kappa shape index (κ2) is 9.17. The van der Waals surface area contributed by atoms with Crippen LogP contribution >= 0.6 is 11.3 Å². The highest BCUT2D eigenvalue weighted by Crippen LogP contribution is 2.30. The summed E-state index contributed by atoms with van der Waals surface area (Å²) in [5.74, 6) is 1.30. The number of halogens is 1. The van der Waals surface area contributed by atoms with E-state index in [4.69, 9.17) is 4.74 Å². The van der Waals surface area contributed by atoms with Gasteiger partial charge in [0, 0.05) is 17.6 Å². The third-order valence-corrected chi connectivity index (χ3v) is 5.26. The number of hydrogen-bond donors (Lipinski definition) is 2. The van der Waals surface area contributed by atoms with Crippen LogP contribution in [-0.4, -0.2) is 24.1 Å². The fourth-order valence-electron chi connectivity index (χ4n) is 2.63. The first-order chi connectivity index (χ1) is 13.0. The molecule has 1 aliphatic carbocycles. The zero-order valence-corrected chi connectivity index (χ0v) is 16.9. The van der Waals surface area contributed by atoms with E-state index in [0.29, 0.717) is 30.8 Å². The van der Waals surface area contributed by atoms with Crippen molar-refractivity contribution in [2.45, 2.75) is 46.2 Å². The molecule has 0 bridgehead atoms. The largest absolute Gasteiger partial charge is 0.490 e. The van der Waals surface area contributed by atoms with Crippen LogP contribution in [0, 0.1) is 18.7 Å². The van der Waals surface area contributed by atoms with Crippen molar-refractivity contribution in [2.75, 3.05) is 13.2 Å². The van der Waals surface area contributed by atoms with Crippen LogP contribution in [0.25, 0.3) is 0 Å². The first kappa shape index (κ1) is 19.6. The number of thiazole rings is 1. The topological polar surface area (TPSA) is 58.5 Å². The fraction of sp³-hybridized carbons (Fsp3) is 0.500. The lowest BCUT2D eigenvalue weighted by Crippen LogP contribution is -2.38. The molecular weight excluding hydrogens is 363 g/mol. The first-order valence-electron chi connectivity index (χ1n) is 9.43. The van der Waals surface area contributed by atoms with Crippen molar-refractivity contribution >= 4 is 17.3 Å². The van der Waals surface area contributed by atoms with Gasteiger partial charge in [-0.2, -0.15) is 0 Å². The number of benzene rings is 1. The van der Waals surface area contributed by atoms with E-state index < -0.39 is 0 Å². The van der Waals surface area contributed by atoms with Crippen LogP contribution < -0.4 is 15.4 Å². The van der Waals surface area contributed by atoms with Crippen LogP contribution in [-0.2, 0) is 6.54 Å². The normalized spacial score (nSPS) is 15.5. The number of nitrogens with zero attached hydrogens (tertiary/aromatic N) is 2. The van der Waals surface area contributed by atoms with E-state index >= 15 is 0 Å². The molecule has 0 saturated heterocycles. The van der Waals surface area contributed by atoms with Crippen LogP contribution in [0.5, 0.6) is 5.75 Å². The minimum atomic E-state index is -0.318. The molecule has 5 nitrogen and oxygen atoms in total. The summed E-state index contributed by atoms with van der Waals surface area (Å²) in [6.45, 7) is 7.90. The molecular formula is C20H27FN4OS. The second-order valence-corrected chi connectivity index (χ2v) is 8.19. The summed E-state index contributed by atoms with van der Waals surface area (Å²) < 4.78 is 19.9. The Hall–Kier alpha value is -2.15. The molecule has 0 aliphatic heterocycles. The van der Waals surface area contributed by atoms with Gasteiger partial charge in [0.2, 0.25) is 0 Å². The van der Waals surface area contributed by atoms with Crippen LogP contribution in [0.3, 0.4) is 0 Å². The molecule has 1 aliphatic rings. The number of hydrogen-bond acceptors (Lipinski definition) is 4. The Morgan fingerprint density at radius 1 is 1.44 bits per heavy atom. The van der Waals surface area contributed by atoms with E-state index in [1.807, 2.05) is 33.0 Å². The van der Waals surface area contributed by atoms with Crippen molar-refractivity contribution in [1.29, 1.82) is 0 Å². The summed E-state index contributed by atoms with van der Waals surface area (Å²) in [5.41, 5.74) is 0.849. The molecule has 146 valence electrons. The molecule has 27 heavy (non-hydrogen) atoms. The Labute approximate surface area is 164 Å². The van der Waals surface area contributed by atoms with Gasteiger partial charge in [-0.05, 0) is 57.2 Å². The zero-order chi connectivity index (χ0) is 19.2. The lowest BCUT2D eigenvalue weighted by atomic mass is 10.1. The number of aromatic nitrogens is 1. The Morgan fingerprint density at radius 2 is 2.26 bits per heavy atom. The lowest BCUT2D eigenvalue weighted by molar-refractivity contribution is 0.285. The van der Waals surface area contributed by atoms with Gasteiger partial charge in [-0.25, -0.2) is 14.4 Å². The molecule has 1 aromatic heterocycles. The molecule has 7 heteroatoms. The summed E-state index contributed by atoms with van der Waals surface area (Å²) in [6, 6.07) is 5.06. The molecule has 0 spiro atoms. The van der Waals surface area contributed by atoms with Gasteiger partial charge in [0.1, 0.15) is 5.01 Å². The maximum atomic E-state index is 14.3. The Morgan fingerprint density at radius 3 is 2.89 bits per heavy atom. The summed E-state index contributed by atoms with van der Waals surface area (Å²) in [7, 11) is 0. The smallest absolute Gasteiger partial charge is 0.192 e. The van der Waals surface area contributed by atoms with Crippen molar-refractivity contribution in [3.8, 4) is 5.75 Å². The summed E-state index contributed by atoms with van der Waals surface area (Å²) in [4.78, 5) is 10.1. The molecule has 1 fully saturated rings. The number of rotatable bonds is 8. The van der Waals surface area contributed by atoms with Crippen LogP contribution in [0.4, 0.5) is 4.39 Å². The molecule has 2 N–H and O–H groups in total. The van der Waals surface area contributed by atoms with Crippen molar-refractivity contribution < 1.29 is 9.13 Å². The van der Waals surface area contributed by atoms with Crippen molar-refractivity contribution in [3.05, 3.63) is 45.7 Å². The highest BCUT2D eigenvalue weighted by molar-refractivity contribution is 7.11.